The number of benzene rings is 2. The van der Waals surface area contributed by atoms with Crippen LogP contribution in [0.1, 0.15) is 31.4 Å². The fourth-order valence-corrected chi connectivity index (χ4v) is 3.32. The molecule has 0 bridgehead atoms. The lowest BCUT2D eigenvalue weighted by molar-refractivity contribution is -0.146. The molecule has 3 rings (SSSR count). The van der Waals surface area contributed by atoms with E-state index in [1.165, 1.54) is 6.07 Å². The van der Waals surface area contributed by atoms with Crippen LogP contribution >= 0.6 is 0 Å². The van der Waals surface area contributed by atoms with Crippen LogP contribution in [0.3, 0.4) is 0 Å². The van der Waals surface area contributed by atoms with Crippen LogP contribution in [0.2, 0.25) is 0 Å². The molecule has 1 atom stereocenters. The van der Waals surface area contributed by atoms with Gasteiger partial charge in [-0.05, 0) is 58.9 Å². The predicted molar refractivity (Wildman–Crippen MR) is 121 cm³/mol. The lowest BCUT2D eigenvalue weighted by Crippen LogP contribution is -2.29. The number of hydrogen-bond donors (Lipinski definition) is 3. The van der Waals surface area contributed by atoms with Crippen molar-refractivity contribution in [3.8, 4) is 28.6 Å². The van der Waals surface area contributed by atoms with E-state index in [0.717, 1.165) is 11.1 Å². The predicted octanol–water partition coefficient (Wildman–Crippen LogP) is 4.65. The molecule has 0 fully saturated rings. The smallest absolute Gasteiger partial charge is 0.344 e. The number of halogens is 2. The van der Waals surface area contributed by atoms with Crippen LogP contribution in [0.15, 0.2) is 48.5 Å². The van der Waals surface area contributed by atoms with Crippen LogP contribution in [0.5, 0.6) is 17.5 Å². The minimum absolute atomic E-state index is 0.0438. The van der Waals surface area contributed by atoms with E-state index < -0.39 is 35.5 Å². The van der Waals surface area contributed by atoms with Gasteiger partial charge in [-0.25, -0.2) is 13.6 Å². The molecule has 0 unspecified atom stereocenters. The fraction of sp³-hybridized carbons (Fsp3) is 0.280. The molecule has 0 aliphatic rings. The molecular formula is C25H26F2N2O5. The van der Waals surface area contributed by atoms with Crippen molar-refractivity contribution in [3.05, 3.63) is 71.3 Å². The Morgan fingerprint density at radius 3 is 2.38 bits per heavy atom. The third kappa shape index (κ3) is 6.27. The SMILES string of the molecule is CC(C)C[C@@H](Oc1nc(Oc2cc(CO)cc(-c3cccc(CN)c3)c2)c(F)cc1F)C(=O)O. The number of rotatable bonds is 10. The molecule has 0 amide bonds. The van der Waals surface area contributed by atoms with Crippen molar-refractivity contribution in [2.24, 2.45) is 11.7 Å². The first-order chi connectivity index (χ1) is 16.2. The van der Waals surface area contributed by atoms with Gasteiger partial charge < -0.3 is 25.4 Å². The molecule has 180 valence electrons. The first-order valence-electron chi connectivity index (χ1n) is 10.7. The summed E-state index contributed by atoms with van der Waals surface area (Å²) in [5.74, 6) is -4.72. The number of ether oxygens (including phenoxy) is 2. The summed E-state index contributed by atoms with van der Waals surface area (Å²) in [6.07, 6.45) is -1.26. The Morgan fingerprint density at radius 2 is 1.74 bits per heavy atom. The first kappa shape index (κ1) is 25.1. The fourth-order valence-electron chi connectivity index (χ4n) is 3.32. The maximum absolute atomic E-state index is 14.5. The summed E-state index contributed by atoms with van der Waals surface area (Å²) in [6, 6.07) is 12.8. The van der Waals surface area contributed by atoms with Crippen LogP contribution < -0.4 is 15.2 Å². The lowest BCUT2D eigenvalue weighted by Gasteiger charge is -2.17. The van der Waals surface area contributed by atoms with E-state index >= 15 is 0 Å². The summed E-state index contributed by atoms with van der Waals surface area (Å²) in [4.78, 5) is 15.2. The number of carbonyl (C=O) groups is 1. The summed E-state index contributed by atoms with van der Waals surface area (Å²) in [5.41, 5.74) is 8.59. The lowest BCUT2D eigenvalue weighted by atomic mass is 10.0. The molecule has 0 radical (unpaired) electrons. The highest BCUT2D eigenvalue weighted by molar-refractivity contribution is 5.72. The quantitative estimate of drug-likeness (QED) is 0.393. The van der Waals surface area contributed by atoms with Crippen LogP contribution in [0.4, 0.5) is 8.78 Å². The molecule has 3 aromatic rings. The Kier molecular flexibility index (Phi) is 8.14. The molecule has 0 saturated carbocycles. The molecule has 2 aromatic carbocycles. The van der Waals surface area contributed by atoms with E-state index in [1.54, 1.807) is 26.0 Å². The van der Waals surface area contributed by atoms with E-state index in [0.29, 0.717) is 23.7 Å². The van der Waals surface area contributed by atoms with Gasteiger partial charge >= 0.3 is 5.97 Å². The zero-order valence-electron chi connectivity index (χ0n) is 18.8. The Hall–Kier alpha value is -3.56. The van der Waals surface area contributed by atoms with Crippen LogP contribution in [-0.2, 0) is 17.9 Å². The monoisotopic (exact) mass is 472 g/mol. The molecule has 9 heteroatoms. The van der Waals surface area contributed by atoms with Crippen molar-refractivity contribution in [1.29, 1.82) is 0 Å². The highest BCUT2D eigenvalue weighted by atomic mass is 19.1. The molecule has 0 aliphatic heterocycles. The number of hydrogen-bond acceptors (Lipinski definition) is 6. The number of aromatic nitrogens is 1. The third-order valence-electron chi connectivity index (χ3n) is 4.94. The zero-order valence-corrected chi connectivity index (χ0v) is 18.8. The minimum atomic E-state index is -1.36. The van der Waals surface area contributed by atoms with Crippen molar-refractivity contribution >= 4 is 5.97 Å². The summed E-state index contributed by atoms with van der Waals surface area (Å²) in [7, 11) is 0. The normalized spacial score (nSPS) is 12.0. The van der Waals surface area contributed by atoms with Gasteiger partial charge in [0, 0.05) is 12.6 Å². The molecule has 1 heterocycles. The third-order valence-corrected chi connectivity index (χ3v) is 4.94. The second kappa shape index (κ2) is 11.0. The number of carboxylic acid groups (broad SMARTS) is 1. The summed E-state index contributed by atoms with van der Waals surface area (Å²) in [6.45, 7) is 3.62. The van der Waals surface area contributed by atoms with Crippen LogP contribution in [-0.4, -0.2) is 27.3 Å². The topological polar surface area (TPSA) is 115 Å². The number of aliphatic hydroxyl groups is 1. The van der Waals surface area contributed by atoms with Gasteiger partial charge in [-0.1, -0.05) is 32.0 Å². The number of aliphatic carboxylic acids is 1. The van der Waals surface area contributed by atoms with E-state index in [9.17, 15) is 23.8 Å². The summed E-state index contributed by atoms with van der Waals surface area (Å²) in [5, 5.41) is 19.0. The summed E-state index contributed by atoms with van der Waals surface area (Å²) < 4.78 is 39.6. The van der Waals surface area contributed by atoms with Crippen molar-refractivity contribution < 1.29 is 33.3 Å². The first-order valence-corrected chi connectivity index (χ1v) is 10.7. The molecule has 0 aliphatic carbocycles. The molecule has 0 saturated heterocycles. The van der Waals surface area contributed by atoms with E-state index in [2.05, 4.69) is 4.98 Å². The molecular weight excluding hydrogens is 446 g/mol. The zero-order chi connectivity index (χ0) is 24.8. The molecule has 34 heavy (non-hydrogen) atoms. The van der Waals surface area contributed by atoms with Gasteiger partial charge in [-0.15, -0.1) is 0 Å². The van der Waals surface area contributed by atoms with Gasteiger partial charge in [-0.2, -0.15) is 4.98 Å². The number of nitrogens with two attached hydrogens (primary N) is 1. The van der Waals surface area contributed by atoms with Gasteiger partial charge in [0.05, 0.1) is 6.61 Å². The average Bonchev–Trinajstić information content (AvgIpc) is 2.81. The number of nitrogens with zero attached hydrogens (tertiary/aromatic N) is 1. The second-order valence-corrected chi connectivity index (χ2v) is 8.17. The average molecular weight is 472 g/mol. The molecule has 1 aromatic heterocycles. The molecule has 4 N–H and O–H groups in total. The van der Waals surface area contributed by atoms with E-state index in [4.69, 9.17) is 15.2 Å². The number of pyridine rings is 1. The minimum Gasteiger partial charge on any atom is -0.479 e. The Labute approximate surface area is 195 Å². The van der Waals surface area contributed by atoms with Gasteiger partial charge in [0.2, 0.25) is 0 Å². The van der Waals surface area contributed by atoms with Crippen molar-refractivity contribution in [1.82, 2.24) is 4.98 Å². The Bertz CT molecular complexity index is 1170. The number of aliphatic hydroxyl groups excluding tert-OH is 1. The maximum Gasteiger partial charge on any atom is 0.344 e. The highest BCUT2D eigenvalue weighted by Gasteiger charge is 2.25. The summed E-state index contributed by atoms with van der Waals surface area (Å²) >= 11 is 0. The Balaban J connectivity index is 1.95. The van der Waals surface area contributed by atoms with Crippen molar-refractivity contribution in [3.63, 3.8) is 0 Å². The van der Waals surface area contributed by atoms with Crippen molar-refractivity contribution in [2.45, 2.75) is 39.5 Å². The van der Waals surface area contributed by atoms with E-state index in [-0.39, 0.29) is 24.7 Å². The van der Waals surface area contributed by atoms with Gasteiger partial charge in [0.25, 0.3) is 11.8 Å². The standard InChI is InChI=1S/C25H26F2N2O5/c1-14(2)6-22(25(31)32)34-24-21(27)11-20(26)23(29-24)33-19-9-16(13-30)8-18(10-19)17-5-3-4-15(7-17)12-28/h3-5,7-11,14,22,30H,6,12-13,28H2,1-2H3,(H,31,32)/t22-/m1/s1. The number of carboxylic acids is 1. The van der Waals surface area contributed by atoms with Crippen LogP contribution in [0.25, 0.3) is 11.1 Å². The van der Waals surface area contributed by atoms with Crippen molar-refractivity contribution in [2.75, 3.05) is 0 Å². The Morgan fingerprint density at radius 1 is 1.03 bits per heavy atom. The molecule has 7 nitrogen and oxygen atoms in total. The van der Waals surface area contributed by atoms with E-state index in [1.807, 2.05) is 24.3 Å². The molecule has 0 spiro atoms. The van der Waals surface area contributed by atoms with Gasteiger partial charge in [0.15, 0.2) is 17.7 Å². The van der Waals surface area contributed by atoms with Gasteiger partial charge in [0.1, 0.15) is 5.75 Å². The highest BCUT2D eigenvalue weighted by Crippen LogP contribution is 2.32. The van der Waals surface area contributed by atoms with Gasteiger partial charge in [-0.3, -0.25) is 0 Å². The second-order valence-electron chi connectivity index (χ2n) is 8.17. The maximum atomic E-state index is 14.5. The largest absolute Gasteiger partial charge is 0.479 e. The van der Waals surface area contributed by atoms with Crippen LogP contribution in [0, 0.1) is 17.6 Å².